The van der Waals surface area contributed by atoms with E-state index in [9.17, 15) is 14.4 Å². The molecular weight excluding hydrogens is 877 g/mol. The maximum Gasteiger partial charge on any atom is 0.306 e. The fraction of sp³-hybridized carbons (Fsp3) is 0.738. The number of carbonyl (C=O) groups excluding carboxylic acids is 3. The topological polar surface area (TPSA) is 78.9 Å². The van der Waals surface area contributed by atoms with Crippen molar-refractivity contribution in [2.75, 3.05) is 13.2 Å². The van der Waals surface area contributed by atoms with Crippen molar-refractivity contribution in [2.24, 2.45) is 0 Å². The van der Waals surface area contributed by atoms with Crippen LogP contribution in [0.15, 0.2) is 85.1 Å². The predicted molar refractivity (Wildman–Crippen MR) is 307 cm³/mol. The van der Waals surface area contributed by atoms with E-state index in [1.165, 1.54) is 135 Å². The molecule has 0 aliphatic heterocycles. The Balaban J connectivity index is 4.08. The van der Waals surface area contributed by atoms with Gasteiger partial charge in [-0.25, -0.2) is 0 Å². The van der Waals surface area contributed by atoms with E-state index in [1.54, 1.807) is 0 Å². The number of allylic oxidation sites excluding steroid dienone is 14. The van der Waals surface area contributed by atoms with Crippen LogP contribution in [0.2, 0.25) is 0 Å². The zero-order chi connectivity index (χ0) is 51.4. The minimum absolute atomic E-state index is 0.0790. The molecule has 1 unspecified atom stereocenters. The molecule has 0 spiro atoms. The van der Waals surface area contributed by atoms with E-state index in [0.29, 0.717) is 19.3 Å². The highest BCUT2D eigenvalue weighted by Gasteiger charge is 2.19. The van der Waals surface area contributed by atoms with Crippen molar-refractivity contribution >= 4 is 17.9 Å². The lowest BCUT2D eigenvalue weighted by molar-refractivity contribution is -0.167. The lowest BCUT2D eigenvalue weighted by Gasteiger charge is -2.18. The average Bonchev–Trinajstić information content (AvgIpc) is 3.37. The van der Waals surface area contributed by atoms with E-state index >= 15 is 0 Å². The Morgan fingerprint density at radius 1 is 0.296 bits per heavy atom. The molecule has 6 heteroatoms. The van der Waals surface area contributed by atoms with Crippen molar-refractivity contribution in [2.45, 2.75) is 297 Å². The largest absolute Gasteiger partial charge is 0.462 e. The van der Waals surface area contributed by atoms with E-state index < -0.39 is 6.10 Å². The maximum absolute atomic E-state index is 12.8. The normalized spacial score (nSPS) is 12.7. The van der Waals surface area contributed by atoms with Gasteiger partial charge in [-0.05, 0) is 89.9 Å². The molecule has 0 heterocycles. The van der Waals surface area contributed by atoms with Gasteiger partial charge in [-0.15, -0.1) is 0 Å². The Bertz CT molecular complexity index is 1370. The highest BCUT2D eigenvalue weighted by Crippen LogP contribution is 2.16. The maximum atomic E-state index is 12.8. The van der Waals surface area contributed by atoms with Gasteiger partial charge in [0.25, 0.3) is 0 Å². The van der Waals surface area contributed by atoms with Gasteiger partial charge >= 0.3 is 17.9 Å². The summed E-state index contributed by atoms with van der Waals surface area (Å²) in [7, 11) is 0. The van der Waals surface area contributed by atoms with Gasteiger partial charge in [0.05, 0.1) is 0 Å². The molecule has 0 fully saturated rings. The molecule has 0 radical (unpaired) electrons. The molecule has 0 aromatic heterocycles. The molecule has 6 nitrogen and oxygen atoms in total. The van der Waals surface area contributed by atoms with Crippen LogP contribution in [0, 0.1) is 0 Å². The molecule has 0 saturated heterocycles. The van der Waals surface area contributed by atoms with E-state index in [-0.39, 0.29) is 31.1 Å². The van der Waals surface area contributed by atoms with Crippen LogP contribution < -0.4 is 0 Å². The predicted octanol–water partition coefficient (Wildman–Crippen LogP) is 20.3. The minimum atomic E-state index is -0.779. The second-order valence-electron chi connectivity index (χ2n) is 19.9. The summed E-state index contributed by atoms with van der Waals surface area (Å²) >= 11 is 0. The summed E-state index contributed by atoms with van der Waals surface area (Å²) in [5, 5.41) is 0. The van der Waals surface area contributed by atoms with Crippen LogP contribution in [0.5, 0.6) is 0 Å². The molecule has 0 N–H and O–H groups in total. The van der Waals surface area contributed by atoms with Crippen molar-refractivity contribution in [1.29, 1.82) is 0 Å². The minimum Gasteiger partial charge on any atom is -0.462 e. The van der Waals surface area contributed by atoms with E-state index in [0.717, 1.165) is 116 Å². The quantitative estimate of drug-likeness (QED) is 0.0261. The van der Waals surface area contributed by atoms with Gasteiger partial charge in [0, 0.05) is 19.3 Å². The second kappa shape index (κ2) is 59.2. The first-order chi connectivity index (χ1) is 35.0. The lowest BCUT2D eigenvalue weighted by atomic mass is 10.0. The Kier molecular flexibility index (Phi) is 56.3. The van der Waals surface area contributed by atoms with E-state index in [4.69, 9.17) is 14.2 Å². The van der Waals surface area contributed by atoms with Crippen LogP contribution in [0.3, 0.4) is 0 Å². The van der Waals surface area contributed by atoms with Crippen LogP contribution >= 0.6 is 0 Å². The summed E-state index contributed by atoms with van der Waals surface area (Å²) in [4.78, 5) is 38.0. The van der Waals surface area contributed by atoms with Gasteiger partial charge in [0.2, 0.25) is 0 Å². The smallest absolute Gasteiger partial charge is 0.306 e. The standard InChI is InChI=1S/C65H112O6/c1-4-7-10-13-16-19-21-23-25-26-27-28-29-30-31-32-33-34-35-36-37-38-39-40-41-43-44-46-49-52-55-58-64(67)70-61-62(60-69-63(66)57-54-51-48-18-15-12-9-6-3)71-65(68)59-56-53-50-47-45-42-24-22-20-17-14-11-8-5-2/h7,10,14,16-17,19,22-25,27-28,30-31,62H,4-6,8-9,11-13,15,18,20-21,26,29,32-61H2,1-3H3/b10-7-,17-14-,19-16-,24-22-,25-23-,28-27-,31-30-. The molecule has 408 valence electrons. The Labute approximate surface area is 439 Å². The number of ether oxygens (including phenoxy) is 3. The lowest BCUT2D eigenvalue weighted by Crippen LogP contribution is -2.30. The zero-order valence-electron chi connectivity index (χ0n) is 46.7. The van der Waals surface area contributed by atoms with E-state index in [2.05, 4.69) is 106 Å². The summed E-state index contributed by atoms with van der Waals surface area (Å²) < 4.78 is 16.8. The van der Waals surface area contributed by atoms with Crippen LogP contribution in [0.4, 0.5) is 0 Å². The van der Waals surface area contributed by atoms with Crippen molar-refractivity contribution in [3.8, 4) is 0 Å². The fourth-order valence-electron chi connectivity index (χ4n) is 8.37. The summed E-state index contributed by atoms with van der Waals surface area (Å²) in [6, 6.07) is 0. The molecule has 0 aliphatic rings. The van der Waals surface area contributed by atoms with Gasteiger partial charge in [0.15, 0.2) is 6.10 Å². The van der Waals surface area contributed by atoms with Gasteiger partial charge in [-0.1, -0.05) is 266 Å². The van der Waals surface area contributed by atoms with Crippen molar-refractivity contribution < 1.29 is 28.6 Å². The number of rotatable bonds is 54. The first kappa shape index (κ1) is 67.6. The summed E-state index contributed by atoms with van der Waals surface area (Å²) in [5.41, 5.74) is 0. The monoisotopic (exact) mass is 989 g/mol. The number of esters is 3. The van der Waals surface area contributed by atoms with Crippen molar-refractivity contribution in [3.63, 3.8) is 0 Å². The fourth-order valence-corrected chi connectivity index (χ4v) is 8.37. The average molecular weight is 990 g/mol. The summed E-state index contributed by atoms with van der Waals surface area (Å²) in [5.74, 6) is -0.891. The van der Waals surface area contributed by atoms with Gasteiger partial charge in [-0.3, -0.25) is 14.4 Å². The summed E-state index contributed by atoms with van der Waals surface area (Å²) in [6.07, 6.45) is 77.5. The second-order valence-corrected chi connectivity index (χ2v) is 19.9. The zero-order valence-corrected chi connectivity index (χ0v) is 46.7. The third kappa shape index (κ3) is 57.4. The van der Waals surface area contributed by atoms with Crippen LogP contribution in [0.1, 0.15) is 290 Å². The number of carbonyl (C=O) groups is 3. The number of hydrogen-bond acceptors (Lipinski definition) is 6. The number of hydrogen-bond donors (Lipinski definition) is 0. The molecule has 1 atom stereocenters. The summed E-state index contributed by atoms with van der Waals surface area (Å²) in [6.45, 7) is 6.46. The van der Waals surface area contributed by atoms with Gasteiger partial charge in [0.1, 0.15) is 13.2 Å². The molecule has 0 aromatic carbocycles. The molecule has 0 bridgehead atoms. The molecule has 71 heavy (non-hydrogen) atoms. The Hall–Kier alpha value is -3.41. The first-order valence-electron chi connectivity index (χ1n) is 30.1. The van der Waals surface area contributed by atoms with Crippen LogP contribution in [-0.4, -0.2) is 37.2 Å². The van der Waals surface area contributed by atoms with Crippen LogP contribution in [-0.2, 0) is 28.6 Å². The molecule has 0 aliphatic carbocycles. The third-order valence-electron chi connectivity index (χ3n) is 12.9. The van der Waals surface area contributed by atoms with Crippen LogP contribution in [0.25, 0.3) is 0 Å². The van der Waals surface area contributed by atoms with Crippen molar-refractivity contribution in [1.82, 2.24) is 0 Å². The molecule has 0 rings (SSSR count). The Morgan fingerprint density at radius 2 is 0.563 bits per heavy atom. The highest BCUT2D eigenvalue weighted by molar-refractivity contribution is 5.71. The molecular formula is C65H112O6. The van der Waals surface area contributed by atoms with Crippen molar-refractivity contribution in [3.05, 3.63) is 85.1 Å². The Morgan fingerprint density at radius 3 is 0.901 bits per heavy atom. The SMILES string of the molecule is CC/C=C\C/C=C\C/C=C\C/C=C\C/C=C\CCCCCCCCCCCCCCCCCC(=O)OCC(COC(=O)CCCCCCCCCC)OC(=O)CCCCCCC/C=C\C/C=C\CCCC. The molecule has 0 aromatic rings. The highest BCUT2D eigenvalue weighted by atomic mass is 16.6. The first-order valence-corrected chi connectivity index (χ1v) is 30.1. The van der Waals surface area contributed by atoms with Gasteiger partial charge in [-0.2, -0.15) is 0 Å². The van der Waals surface area contributed by atoms with E-state index in [1.807, 2.05) is 0 Å². The van der Waals surface area contributed by atoms with Gasteiger partial charge < -0.3 is 14.2 Å². The molecule has 0 amide bonds. The molecule has 0 saturated carbocycles. The third-order valence-corrected chi connectivity index (χ3v) is 12.9. The number of unbranched alkanes of at least 4 members (excludes halogenated alkanes) is 29.